The third-order valence-corrected chi connectivity index (χ3v) is 8.16. The average molecular weight is 490 g/mol. The Morgan fingerprint density at radius 1 is 0.857 bits per heavy atom. The molecule has 4 heterocycles. The van der Waals surface area contributed by atoms with Crippen molar-refractivity contribution in [3.63, 3.8) is 0 Å². The summed E-state index contributed by atoms with van der Waals surface area (Å²) in [5.41, 5.74) is 7.95. The van der Waals surface area contributed by atoms with E-state index in [1.54, 1.807) is 34.7 Å². The summed E-state index contributed by atoms with van der Waals surface area (Å²) in [5, 5.41) is 2.27. The van der Waals surface area contributed by atoms with Crippen LogP contribution in [0.4, 0.5) is 0 Å². The second kappa shape index (κ2) is 9.43. The van der Waals surface area contributed by atoms with Crippen LogP contribution in [0.1, 0.15) is 34.4 Å². The zero-order chi connectivity index (χ0) is 24.7. The zero-order valence-corrected chi connectivity index (χ0v) is 21.6. The van der Waals surface area contributed by atoms with E-state index in [9.17, 15) is 9.59 Å². The summed E-state index contributed by atoms with van der Waals surface area (Å²) in [6.45, 7) is 2.39. The lowest BCUT2D eigenvalue weighted by atomic mass is 9.88. The third-order valence-electron chi connectivity index (χ3n) is 7.18. The van der Waals surface area contributed by atoms with Crippen molar-refractivity contribution < 1.29 is 0 Å². The van der Waals surface area contributed by atoms with Crippen molar-refractivity contribution in [2.45, 2.75) is 25.7 Å². The summed E-state index contributed by atoms with van der Waals surface area (Å²) < 4.78 is 4.04. The number of piperidine rings is 1. The number of hydrogen-bond acceptors (Lipinski definition) is 5. The van der Waals surface area contributed by atoms with E-state index in [0.29, 0.717) is 11.2 Å². The van der Waals surface area contributed by atoms with Crippen molar-refractivity contribution in [2.75, 3.05) is 20.1 Å². The molecule has 0 unspecified atom stereocenters. The van der Waals surface area contributed by atoms with E-state index in [2.05, 4.69) is 52.6 Å². The quantitative estimate of drug-likeness (QED) is 0.380. The zero-order valence-electron chi connectivity index (χ0n) is 20.7. The molecule has 0 saturated carbocycles. The van der Waals surface area contributed by atoms with Gasteiger partial charge in [0, 0.05) is 39.1 Å². The molecule has 7 nitrogen and oxygen atoms in total. The Morgan fingerprint density at radius 2 is 1.60 bits per heavy atom. The Labute approximate surface area is 208 Å². The molecule has 0 amide bonds. The minimum absolute atomic E-state index is 0.317. The van der Waals surface area contributed by atoms with Gasteiger partial charge < -0.3 is 9.47 Å². The van der Waals surface area contributed by atoms with Crippen molar-refractivity contribution >= 4 is 28.1 Å². The highest BCUT2D eigenvalue weighted by molar-refractivity contribution is 7.10. The molecule has 2 aliphatic rings. The Hall–Kier alpha value is -3.23. The number of hydrogen-bond donors (Lipinski definition) is 0. The molecule has 6 rings (SSSR count). The minimum atomic E-state index is -0.360. The van der Waals surface area contributed by atoms with Gasteiger partial charge in [-0.25, -0.2) is 9.78 Å². The molecule has 1 fully saturated rings. The topological polar surface area (TPSA) is 65.1 Å². The largest absolute Gasteiger partial charge is 0.332 e. The van der Waals surface area contributed by atoms with Gasteiger partial charge in [-0.2, -0.15) is 0 Å². The summed E-state index contributed by atoms with van der Waals surface area (Å²) in [5.74, 6) is 0. The lowest BCUT2D eigenvalue weighted by Gasteiger charge is -2.27. The van der Waals surface area contributed by atoms with Gasteiger partial charge in [-0.05, 0) is 66.4 Å². The number of benzene rings is 1. The van der Waals surface area contributed by atoms with Crippen molar-refractivity contribution in [1.29, 1.82) is 0 Å². The number of aryl methyl sites for hydroxylation is 4. The predicted octanol–water partition coefficient (Wildman–Crippen LogP) is 3.34. The molecule has 35 heavy (non-hydrogen) atoms. The second-order valence-corrected chi connectivity index (χ2v) is 10.4. The van der Waals surface area contributed by atoms with Gasteiger partial charge in [-0.15, -0.1) is 11.3 Å². The Bertz CT molecular complexity index is 1540. The molecule has 1 saturated heterocycles. The van der Waals surface area contributed by atoms with E-state index < -0.39 is 0 Å². The number of rotatable bonds is 0. The lowest BCUT2D eigenvalue weighted by molar-refractivity contribution is 0.313. The molecule has 0 atom stereocenters. The third kappa shape index (κ3) is 4.21. The molecule has 0 radical (unpaired) electrons. The second-order valence-electron chi connectivity index (χ2n) is 9.43. The first-order valence-corrected chi connectivity index (χ1v) is 12.9. The van der Waals surface area contributed by atoms with Gasteiger partial charge >= 0.3 is 5.69 Å². The minimum Gasteiger partial charge on any atom is -0.328 e. The van der Waals surface area contributed by atoms with Crippen molar-refractivity contribution in [3.05, 3.63) is 90.0 Å². The van der Waals surface area contributed by atoms with Crippen LogP contribution in [0.5, 0.6) is 0 Å². The number of aromatic nitrogens is 4. The maximum Gasteiger partial charge on any atom is 0.332 e. The molecule has 1 aromatic carbocycles. The van der Waals surface area contributed by atoms with Crippen LogP contribution in [0.25, 0.3) is 16.7 Å². The van der Waals surface area contributed by atoms with Gasteiger partial charge in [0.05, 0.1) is 6.33 Å². The number of imidazole rings is 1. The van der Waals surface area contributed by atoms with Crippen LogP contribution >= 0.6 is 11.3 Å². The van der Waals surface area contributed by atoms with E-state index in [1.165, 1.54) is 73.4 Å². The first kappa shape index (κ1) is 23.5. The summed E-state index contributed by atoms with van der Waals surface area (Å²) >= 11 is 1.93. The highest BCUT2D eigenvalue weighted by Crippen LogP contribution is 2.40. The van der Waals surface area contributed by atoms with Gasteiger partial charge in [0.1, 0.15) is 0 Å². The molecule has 4 aromatic rings. The summed E-state index contributed by atoms with van der Waals surface area (Å²) in [4.78, 5) is 31.2. The first-order chi connectivity index (χ1) is 16.9. The fraction of sp³-hybridized carbons (Fsp3) is 0.370. The van der Waals surface area contributed by atoms with Gasteiger partial charge in [0.15, 0.2) is 11.2 Å². The van der Waals surface area contributed by atoms with Crippen molar-refractivity contribution in [3.8, 4) is 0 Å². The van der Waals surface area contributed by atoms with Crippen LogP contribution in [0.3, 0.4) is 0 Å². The highest BCUT2D eigenvalue weighted by atomic mass is 32.1. The molecule has 1 aliphatic heterocycles. The maximum absolute atomic E-state index is 11.7. The van der Waals surface area contributed by atoms with Crippen LogP contribution < -0.4 is 11.2 Å². The molecular formula is C27H31N5O2S. The number of nitrogens with zero attached hydrogens (tertiary/aromatic N) is 5. The molecule has 0 N–H and O–H groups in total. The highest BCUT2D eigenvalue weighted by Gasteiger charge is 2.23. The molecule has 1 aliphatic carbocycles. The predicted molar refractivity (Wildman–Crippen MR) is 142 cm³/mol. The van der Waals surface area contributed by atoms with Gasteiger partial charge in [-0.3, -0.25) is 13.9 Å². The maximum atomic E-state index is 11.7. The fourth-order valence-electron chi connectivity index (χ4n) is 5.12. The van der Waals surface area contributed by atoms with Crippen molar-refractivity contribution in [1.82, 2.24) is 23.6 Å². The summed E-state index contributed by atoms with van der Waals surface area (Å²) in [6.07, 6.45) is 6.33. The molecule has 182 valence electrons. The molecule has 8 heteroatoms. The Morgan fingerprint density at radius 3 is 2.37 bits per heavy atom. The molecular weight excluding hydrogens is 458 g/mol. The smallest absolute Gasteiger partial charge is 0.328 e. The Kier molecular flexibility index (Phi) is 6.34. The summed E-state index contributed by atoms with van der Waals surface area (Å²) in [7, 11) is 7.01. The van der Waals surface area contributed by atoms with Crippen LogP contribution in [0.2, 0.25) is 0 Å². The van der Waals surface area contributed by atoms with Crippen LogP contribution in [-0.4, -0.2) is 43.7 Å². The lowest BCUT2D eigenvalue weighted by Crippen LogP contribution is -2.37. The SMILES string of the molecule is CN1CCC(=C2c3ccccc3CCc3sccc32)CC1.Cn1c(=O)c2c(ncn2C)n(C)c1=O. The van der Waals surface area contributed by atoms with Crippen LogP contribution in [0.15, 0.2) is 57.2 Å². The number of thiophene rings is 1. The molecule has 0 spiro atoms. The van der Waals surface area contributed by atoms with Gasteiger partial charge in [0.25, 0.3) is 5.56 Å². The van der Waals surface area contributed by atoms with E-state index >= 15 is 0 Å². The first-order valence-electron chi connectivity index (χ1n) is 12.0. The molecule has 3 aromatic heterocycles. The monoisotopic (exact) mass is 489 g/mol. The normalized spacial score (nSPS) is 15.9. The van der Waals surface area contributed by atoms with Gasteiger partial charge in [-0.1, -0.05) is 29.8 Å². The van der Waals surface area contributed by atoms with E-state index in [-0.39, 0.29) is 11.2 Å². The van der Waals surface area contributed by atoms with Gasteiger partial charge in [0.2, 0.25) is 0 Å². The van der Waals surface area contributed by atoms with E-state index in [1.807, 2.05) is 11.3 Å². The Balaban J connectivity index is 0.000000158. The average Bonchev–Trinajstić information content (AvgIpc) is 3.45. The van der Waals surface area contributed by atoms with Crippen LogP contribution in [-0.2, 0) is 34.0 Å². The fourth-order valence-corrected chi connectivity index (χ4v) is 6.01. The molecule has 0 bridgehead atoms. The number of likely N-dealkylation sites (tertiary alicyclic amines) is 1. The van der Waals surface area contributed by atoms with Crippen molar-refractivity contribution in [2.24, 2.45) is 21.1 Å². The van der Waals surface area contributed by atoms with E-state index in [4.69, 9.17) is 0 Å². The standard InChI is InChI=1S/C19H21NS.C8H10N4O2/c1-20-11-8-15(9-12-20)19-16-5-3-2-4-14(16)6-7-18-17(19)10-13-21-18;1-10-4-9-6-5(10)7(13)12(3)8(14)11(6)2/h2-5,10,13H,6-9,11-12H2,1H3;4H,1-3H3. The van der Waals surface area contributed by atoms with E-state index in [0.717, 1.165) is 4.57 Å². The van der Waals surface area contributed by atoms with Crippen LogP contribution in [0, 0.1) is 0 Å². The summed E-state index contributed by atoms with van der Waals surface area (Å²) in [6, 6.07) is 11.4. The number of fused-ring (bicyclic) bond motifs is 3.